The lowest BCUT2D eigenvalue weighted by Crippen LogP contribution is -2.49. The van der Waals surface area contributed by atoms with Crippen molar-refractivity contribution in [1.29, 1.82) is 0 Å². The van der Waals surface area contributed by atoms with Gasteiger partial charge in [-0.1, -0.05) is 0 Å². The normalized spacial score (nSPS) is 30.4. The van der Waals surface area contributed by atoms with Gasteiger partial charge in [0.25, 0.3) is 0 Å². The summed E-state index contributed by atoms with van der Waals surface area (Å²) >= 11 is 0. The molecule has 1 amide bonds. The second-order valence-corrected chi connectivity index (χ2v) is 6.44. The summed E-state index contributed by atoms with van der Waals surface area (Å²) in [6, 6.07) is -0.347. The molecule has 21 heavy (non-hydrogen) atoms. The van der Waals surface area contributed by atoms with Gasteiger partial charge in [-0.3, -0.25) is 4.79 Å². The van der Waals surface area contributed by atoms with Gasteiger partial charge in [0.15, 0.2) is 0 Å². The van der Waals surface area contributed by atoms with Crippen LogP contribution in [0.1, 0.15) is 38.5 Å². The summed E-state index contributed by atoms with van der Waals surface area (Å²) < 4.78 is 4.86. The minimum atomic E-state index is -0.347. The first-order chi connectivity index (χ1) is 9.68. The summed E-state index contributed by atoms with van der Waals surface area (Å²) in [6.45, 7) is 2.75. The van der Waals surface area contributed by atoms with E-state index in [4.69, 9.17) is 4.74 Å². The summed E-state index contributed by atoms with van der Waals surface area (Å²) in [5, 5.41) is 3.36. The average Bonchev–Trinajstić information content (AvgIpc) is 3.19. The number of rotatable bonds is 2. The number of esters is 1. The number of hydrogen-bond acceptors (Lipinski definition) is 4. The Kier molecular flexibility index (Phi) is 5.15. The fourth-order valence-electron chi connectivity index (χ4n) is 3.95. The molecule has 3 rings (SSSR count). The van der Waals surface area contributed by atoms with E-state index in [9.17, 15) is 9.59 Å². The molecule has 2 aliphatic heterocycles. The molecule has 3 fully saturated rings. The molecular formula is C15H25ClN2O3. The first kappa shape index (κ1) is 16.6. The van der Waals surface area contributed by atoms with Crippen LogP contribution in [-0.4, -0.2) is 49.6 Å². The third kappa shape index (κ3) is 3.04. The first-order valence-corrected chi connectivity index (χ1v) is 7.77. The lowest BCUT2D eigenvalue weighted by atomic mass is 9.91. The second kappa shape index (κ2) is 6.53. The largest absolute Gasteiger partial charge is 0.467 e. The number of likely N-dealkylation sites (tertiary alicyclic amines) is 1. The summed E-state index contributed by atoms with van der Waals surface area (Å²) in [4.78, 5) is 26.4. The van der Waals surface area contributed by atoms with Crippen molar-refractivity contribution < 1.29 is 14.3 Å². The number of ether oxygens (including phenoxy) is 1. The number of piperidine rings is 2. The zero-order chi connectivity index (χ0) is 14.2. The van der Waals surface area contributed by atoms with Gasteiger partial charge in [-0.25, -0.2) is 4.79 Å². The van der Waals surface area contributed by atoms with Gasteiger partial charge in [-0.05, 0) is 57.0 Å². The van der Waals surface area contributed by atoms with Gasteiger partial charge in [0.1, 0.15) is 6.04 Å². The Morgan fingerprint density at radius 1 is 1.24 bits per heavy atom. The van der Waals surface area contributed by atoms with Gasteiger partial charge in [0.2, 0.25) is 5.91 Å². The van der Waals surface area contributed by atoms with Gasteiger partial charge in [-0.15, -0.1) is 12.4 Å². The predicted molar refractivity (Wildman–Crippen MR) is 81.3 cm³/mol. The number of nitrogens with one attached hydrogen (secondary N) is 1. The van der Waals surface area contributed by atoms with Crippen LogP contribution in [0.4, 0.5) is 0 Å². The third-order valence-corrected chi connectivity index (χ3v) is 5.35. The molecule has 120 valence electrons. The molecule has 2 saturated heterocycles. The molecule has 0 bridgehead atoms. The summed E-state index contributed by atoms with van der Waals surface area (Å²) in [7, 11) is 1.41. The highest BCUT2D eigenvalue weighted by molar-refractivity contribution is 5.88. The Morgan fingerprint density at radius 2 is 1.95 bits per heavy atom. The maximum atomic E-state index is 12.8. The van der Waals surface area contributed by atoms with Crippen molar-refractivity contribution in [3.8, 4) is 0 Å². The van der Waals surface area contributed by atoms with Gasteiger partial charge >= 0.3 is 5.97 Å². The van der Waals surface area contributed by atoms with Crippen LogP contribution < -0.4 is 5.32 Å². The SMILES string of the molecule is COC(=O)C1CCCCN1C(=O)C1CC12CCNCC2.Cl. The van der Waals surface area contributed by atoms with E-state index >= 15 is 0 Å². The zero-order valence-corrected chi connectivity index (χ0v) is 13.4. The monoisotopic (exact) mass is 316 g/mol. The first-order valence-electron chi connectivity index (χ1n) is 7.77. The van der Waals surface area contributed by atoms with E-state index in [1.54, 1.807) is 4.90 Å². The molecule has 5 nitrogen and oxygen atoms in total. The van der Waals surface area contributed by atoms with Crippen LogP contribution in [0.5, 0.6) is 0 Å². The van der Waals surface area contributed by atoms with E-state index < -0.39 is 0 Å². The molecule has 0 aromatic carbocycles. The standard InChI is InChI=1S/C15H24N2O3.ClH/c1-20-14(19)12-4-2-3-9-17(12)13(18)11-10-15(11)5-7-16-8-6-15;/h11-12,16H,2-10H2,1H3;1H. The highest BCUT2D eigenvalue weighted by Crippen LogP contribution is 2.59. The summed E-state index contributed by atoms with van der Waals surface area (Å²) in [6.07, 6.45) is 5.96. The lowest BCUT2D eigenvalue weighted by molar-refractivity contribution is -0.155. The summed E-state index contributed by atoms with van der Waals surface area (Å²) in [5.41, 5.74) is 0.237. The minimum absolute atomic E-state index is 0. The lowest BCUT2D eigenvalue weighted by Gasteiger charge is -2.35. The van der Waals surface area contributed by atoms with Gasteiger partial charge in [0.05, 0.1) is 7.11 Å². The molecule has 1 spiro atoms. The van der Waals surface area contributed by atoms with Crippen molar-refractivity contribution in [2.24, 2.45) is 11.3 Å². The van der Waals surface area contributed by atoms with Crippen LogP contribution in [0, 0.1) is 11.3 Å². The molecule has 2 unspecified atom stereocenters. The van der Waals surface area contributed by atoms with E-state index in [1.165, 1.54) is 7.11 Å². The Labute approximate surface area is 132 Å². The minimum Gasteiger partial charge on any atom is -0.467 e. The van der Waals surface area contributed by atoms with Crippen molar-refractivity contribution in [3.63, 3.8) is 0 Å². The molecular weight excluding hydrogens is 292 g/mol. The van der Waals surface area contributed by atoms with Crippen LogP contribution in [0.2, 0.25) is 0 Å². The number of nitrogens with zero attached hydrogens (tertiary/aromatic N) is 1. The summed E-state index contributed by atoms with van der Waals surface area (Å²) in [5.74, 6) is 0.0925. The van der Waals surface area contributed by atoms with Gasteiger partial charge in [0, 0.05) is 12.5 Å². The molecule has 1 aliphatic carbocycles. The van der Waals surface area contributed by atoms with E-state index in [-0.39, 0.29) is 41.7 Å². The molecule has 0 radical (unpaired) electrons. The van der Waals surface area contributed by atoms with Crippen LogP contribution in [0.25, 0.3) is 0 Å². The number of methoxy groups -OCH3 is 1. The fraction of sp³-hybridized carbons (Fsp3) is 0.867. The van der Waals surface area contributed by atoms with E-state index in [0.717, 1.165) is 51.6 Å². The van der Waals surface area contributed by atoms with Crippen LogP contribution >= 0.6 is 12.4 Å². The molecule has 3 aliphatic rings. The quantitative estimate of drug-likeness (QED) is 0.781. The Bertz CT molecular complexity index is 410. The predicted octanol–water partition coefficient (Wildman–Crippen LogP) is 1.35. The maximum absolute atomic E-state index is 12.8. The fourth-order valence-corrected chi connectivity index (χ4v) is 3.95. The highest BCUT2D eigenvalue weighted by atomic mass is 35.5. The topological polar surface area (TPSA) is 58.6 Å². The Hall–Kier alpha value is -0.810. The third-order valence-electron chi connectivity index (χ3n) is 5.35. The maximum Gasteiger partial charge on any atom is 0.328 e. The highest BCUT2D eigenvalue weighted by Gasteiger charge is 2.59. The smallest absolute Gasteiger partial charge is 0.328 e. The molecule has 6 heteroatoms. The number of hydrogen-bond donors (Lipinski definition) is 1. The molecule has 2 atom stereocenters. The van der Waals surface area contributed by atoms with Crippen molar-refractivity contribution in [3.05, 3.63) is 0 Å². The molecule has 0 aromatic rings. The molecule has 1 N–H and O–H groups in total. The molecule has 1 saturated carbocycles. The number of carbonyl (C=O) groups is 2. The number of halogens is 1. The van der Waals surface area contributed by atoms with E-state index in [0.29, 0.717) is 6.54 Å². The molecule has 0 aromatic heterocycles. The van der Waals surface area contributed by atoms with Crippen molar-refractivity contribution in [1.82, 2.24) is 10.2 Å². The second-order valence-electron chi connectivity index (χ2n) is 6.44. The van der Waals surface area contributed by atoms with Crippen molar-refractivity contribution >= 4 is 24.3 Å². The van der Waals surface area contributed by atoms with E-state index in [1.807, 2.05) is 0 Å². The Morgan fingerprint density at radius 3 is 2.62 bits per heavy atom. The van der Waals surface area contributed by atoms with Crippen molar-refractivity contribution in [2.75, 3.05) is 26.7 Å². The van der Waals surface area contributed by atoms with Crippen LogP contribution in [0.3, 0.4) is 0 Å². The zero-order valence-electron chi connectivity index (χ0n) is 12.6. The van der Waals surface area contributed by atoms with Crippen LogP contribution in [-0.2, 0) is 14.3 Å². The van der Waals surface area contributed by atoms with Crippen LogP contribution in [0.15, 0.2) is 0 Å². The van der Waals surface area contributed by atoms with Gasteiger partial charge in [-0.2, -0.15) is 0 Å². The number of amides is 1. The van der Waals surface area contributed by atoms with Gasteiger partial charge < -0.3 is 15.0 Å². The van der Waals surface area contributed by atoms with Crippen molar-refractivity contribution in [2.45, 2.75) is 44.6 Å². The van der Waals surface area contributed by atoms with E-state index in [2.05, 4.69) is 5.32 Å². The molecule has 2 heterocycles. The average molecular weight is 317 g/mol. The Balaban J connectivity index is 0.00000161. The number of carbonyl (C=O) groups excluding carboxylic acids is 2.